The molecule has 1 fully saturated rings. The number of nitrogens with two attached hydrogens (primary N) is 1. The van der Waals surface area contributed by atoms with Crippen molar-refractivity contribution in [1.82, 2.24) is 4.90 Å². The van der Waals surface area contributed by atoms with Crippen LogP contribution in [-0.4, -0.2) is 37.0 Å². The first-order valence-corrected chi connectivity index (χ1v) is 7.37. The molecule has 124 valence electrons. The van der Waals surface area contributed by atoms with Gasteiger partial charge in [-0.3, -0.25) is 4.79 Å². The van der Waals surface area contributed by atoms with Gasteiger partial charge in [0.05, 0.1) is 13.5 Å². The van der Waals surface area contributed by atoms with Gasteiger partial charge in [-0.2, -0.15) is 0 Å². The number of carbonyl (C=O) groups is 1. The van der Waals surface area contributed by atoms with E-state index in [9.17, 15) is 9.18 Å². The van der Waals surface area contributed by atoms with Gasteiger partial charge in [0.25, 0.3) is 0 Å². The van der Waals surface area contributed by atoms with Gasteiger partial charge in [0.1, 0.15) is 0 Å². The molecule has 1 aromatic carbocycles. The third-order valence-corrected chi connectivity index (χ3v) is 4.14. The van der Waals surface area contributed by atoms with Gasteiger partial charge in [-0.15, -0.1) is 12.4 Å². The van der Waals surface area contributed by atoms with Crippen LogP contribution in [-0.2, 0) is 11.2 Å². The number of hydrogen-bond acceptors (Lipinski definition) is 3. The van der Waals surface area contributed by atoms with E-state index in [-0.39, 0.29) is 36.5 Å². The van der Waals surface area contributed by atoms with Crippen LogP contribution in [0.1, 0.15) is 25.3 Å². The maximum atomic E-state index is 13.7. The molecule has 1 heterocycles. The van der Waals surface area contributed by atoms with Crippen molar-refractivity contribution in [1.29, 1.82) is 0 Å². The van der Waals surface area contributed by atoms with E-state index in [1.807, 2.05) is 4.90 Å². The Morgan fingerprint density at radius 1 is 1.50 bits per heavy atom. The molecule has 1 amide bonds. The van der Waals surface area contributed by atoms with Crippen molar-refractivity contribution in [3.05, 3.63) is 29.6 Å². The molecule has 0 aliphatic carbocycles. The summed E-state index contributed by atoms with van der Waals surface area (Å²) in [5.74, 6) is 0.367. The molecule has 0 radical (unpaired) electrons. The van der Waals surface area contributed by atoms with Crippen LogP contribution in [0.15, 0.2) is 18.2 Å². The lowest BCUT2D eigenvalue weighted by Crippen LogP contribution is -2.49. The lowest BCUT2D eigenvalue weighted by molar-refractivity contribution is -0.134. The minimum absolute atomic E-state index is 0. The number of likely N-dealkylation sites (tertiary alicyclic amines) is 1. The maximum Gasteiger partial charge on any atom is 0.227 e. The molecule has 0 saturated carbocycles. The van der Waals surface area contributed by atoms with Crippen LogP contribution < -0.4 is 10.5 Å². The molecular formula is C16H24ClFN2O2. The van der Waals surface area contributed by atoms with Crippen LogP contribution >= 0.6 is 12.4 Å². The molecule has 1 aliphatic heterocycles. The van der Waals surface area contributed by atoms with Crippen molar-refractivity contribution in [2.45, 2.75) is 32.2 Å². The summed E-state index contributed by atoms with van der Waals surface area (Å²) < 4.78 is 18.5. The second-order valence-electron chi connectivity index (χ2n) is 5.75. The number of ether oxygens (including phenoxy) is 1. The van der Waals surface area contributed by atoms with E-state index in [0.717, 1.165) is 19.4 Å². The van der Waals surface area contributed by atoms with Crippen molar-refractivity contribution in [3.63, 3.8) is 0 Å². The summed E-state index contributed by atoms with van der Waals surface area (Å²) in [6, 6.07) is 4.74. The number of benzene rings is 1. The van der Waals surface area contributed by atoms with Gasteiger partial charge in [-0.1, -0.05) is 13.0 Å². The molecule has 1 saturated heterocycles. The molecule has 1 aliphatic rings. The van der Waals surface area contributed by atoms with E-state index in [4.69, 9.17) is 10.5 Å². The Bertz CT molecular complexity index is 513. The Morgan fingerprint density at radius 2 is 2.23 bits per heavy atom. The molecule has 2 rings (SSSR count). The number of piperidine rings is 1. The summed E-state index contributed by atoms with van der Waals surface area (Å²) >= 11 is 0. The van der Waals surface area contributed by atoms with Crippen molar-refractivity contribution in [3.8, 4) is 5.75 Å². The second-order valence-corrected chi connectivity index (χ2v) is 5.75. The minimum Gasteiger partial charge on any atom is -0.494 e. The molecule has 6 heteroatoms. The molecular weight excluding hydrogens is 307 g/mol. The Morgan fingerprint density at radius 3 is 2.82 bits per heavy atom. The molecule has 22 heavy (non-hydrogen) atoms. The summed E-state index contributed by atoms with van der Waals surface area (Å²) in [6.45, 7) is 3.40. The normalized spacial score (nSPS) is 21.2. The fourth-order valence-corrected chi connectivity index (χ4v) is 2.90. The molecule has 2 atom stereocenters. The van der Waals surface area contributed by atoms with Crippen LogP contribution in [0.4, 0.5) is 4.39 Å². The average molecular weight is 331 g/mol. The third-order valence-electron chi connectivity index (χ3n) is 4.14. The Kier molecular flexibility index (Phi) is 7.10. The summed E-state index contributed by atoms with van der Waals surface area (Å²) in [4.78, 5) is 14.3. The molecule has 0 aromatic heterocycles. The zero-order valence-electron chi connectivity index (χ0n) is 13.0. The SMILES string of the molecule is COc1ccc(CC(=O)N2CCC(C)CC2CN)cc1F.Cl. The van der Waals surface area contributed by atoms with E-state index in [0.29, 0.717) is 18.0 Å². The predicted octanol–water partition coefficient (Wildman–Crippen LogP) is 2.38. The highest BCUT2D eigenvalue weighted by molar-refractivity contribution is 5.85. The van der Waals surface area contributed by atoms with Crippen LogP contribution in [0.2, 0.25) is 0 Å². The van der Waals surface area contributed by atoms with E-state index in [1.165, 1.54) is 13.2 Å². The standard InChI is InChI=1S/C16H23FN2O2.ClH/c1-11-5-6-19(13(7-11)10-18)16(20)9-12-3-4-15(21-2)14(17)8-12;/h3-4,8,11,13H,5-7,9-10,18H2,1-2H3;1H. The van der Waals surface area contributed by atoms with Crippen LogP contribution in [0, 0.1) is 11.7 Å². The number of carbonyl (C=O) groups excluding carboxylic acids is 1. The number of hydrogen-bond donors (Lipinski definition) is 1. The van der Waals surface area contributed by atoms with E-state index in [1.54, 1.807) is 12.1 Å². The van der Waals surface area contributed by atoms with Crippen molar-refractivity contribution < 1.29 is 13.9 Å². The quantitative estimate of drug-likeness (QED) is 0.922. The highest BCUT2D eigenvalue weighted by atomic mass is 35.5. The van der Waals surface area contributed by atoms with Gasteiger partial charge >= 0.3 is 0 Å². The Balaban J connectivity index is 0.00000242. The van der Waals surface area contributed by atoms with Crippen LogP contribution in [0.5, 0.6) is 5.75 Å². The first kappa shape index (κ1) is 18.7. The summed E-state index contributed by atoms with van der Waals surface area (Å²) in [5.41, 5.74) is 6.44. The lowest BCUT2D eigenvalue weighted by atomic mass is 9.92. The summed E-state index contributed by atoms with van der Waals surface area (Å²) in [7, 11) is 1.42. The largest absolute Gasteiger partial charge is 0.494 e. The highest BCUT2D eigenvalue weighted by Gasteiger charge is 2.28. The van der Waals surface area contributed by atoms with Crippen LogP contribution in [0.3, 0.4) is 0 Å². The highest BCUT2D eigenvalue weighted by Crippen LogP contribution is 2.23. The fraction of sp³-hybridized carbons (Fsp3) is 0.562. The number of rotatable bonds is 4. The van der Waals surface area contributed by atoms with Gasteiger partial charge in [0.15, 0.2) is 11.6 Å². The molecule has 1 aromatic rings. The molecule has 2 unspecified atom stereocenters. The lowest BCUT2D eigenvalue weighted by Gasteiger charge is -2.38. The van der Waals surface area contributed by atoms with Gasteiger partial charge < -0.3 is 15.4 Å². The third kappa shape index (κ3) is 4.34. The van der Waals surface area contributed by atoms with Crippen LogP contribution in [0.25, 0.3) is 0 Å². The average Bonchev–Trinajstić information content (AvgIpc) is 2.47. The zero-order chi connectivity index (χ0) is 15.4. The monoisotopic (exact) mass is 330 g/mol. The van der Waals surface area contributed by atoms with E-state index >= 15 is 0 Å². The first-order chi connectivity index (χ1) is 10.0. The molecule has 2 N–H and O–H groups in total. The number of nitrogens with zero attached hydrogens (tertiary/aromatic N) is 1. The Hall–Kier alpha value is -1.33. The zero-order valence-corrected chi connectivity index (χ0v) is 13.9. The Labute approximate surface area is 137 Å². The predicted molar refractivity (Wildman–Crippen MR) is 86.9 cm³/mol. The maximum absolute atomic E-state index is 13.7. The van der Waals surface area contributed by atoms with E-state index < -0.39 is 5.82 Å². The summed E-state index contributed by atoms with van der Waals surface area (Å²) in [6.07, 6.45) is 2.14. The molecule has 4 nitrogen and oxygen atoms in total. The summed E-state index contributed by atoms with van der Waals surface area (Å²) in [5, 5.41) is 0. The molecule has 0 bridgehead atoms. The number of methoxy groups -OCH3 is 1. The molecule has 0 spiro atoms. The van der Waals surface area contributed by atoms with Gasteiger partial charge in [0, 0.05) is 19.1 Å². The first-order valence-electron chi connectivity index (χ1n) is 7.37. The van der Waals surface area contributed by atoms with Gasteiger partial charge in [-0.25, -0.2) is 4.39 Å². The minimum atomic E-state index is -0.439. The van der Waals surface area contributed by atoms with Gasteiger partial charge in [0.2, 0.25) is 5.91 Å². The van der Waals surface area contributed by atoms with Crippen molar-refractivity contribution in [2.75, 3.05) is 20.2 Å². The van der Waals surface area contributed by atoms with Crippen molar-refractivity contribution in [2.24, 2.45) is 11.7 Å². The van der Waals surface area contributed by atoms with Gasteiger partial charge in [-0.05, 0) is 36.5 Å². The number of amides is 1. The van der Waals surface area contributed by atoms with E-state index in [2.05, 4.69) is 6.92 Å². The second kappa shape index (κ2) is 8.34. The van der Waals surface area contributed by atoms with Crippen molar-refractivity contribution >= 4 is 18.3 Å². The smallest absolute Gasteiger partial charge is 0.227 e. The fourth-order valence-electron chi connectivity index (χ4n) is 2.90. The number of halogens is 2. The topological polar surface area (TPSA) is 55.6 Å².